The summed E-state index contributed by atoms with van der Waals surface area (Å²) in [5, 5.41) is 13.4. The Hall–Kier alpha value is -2.65. The highest BCUT2D eigenvalue weighted by atomic mass is 35.5. The SMILES string of the molecule is O=[N+]([O-])c1cc(/C=C/c2cccc3ccccc23)ccc1Cl. The molecule has 0 aliphatic carbocycles. The molecular formula is C18H12ClNO2. The van der Waals surface area contributed by atoms with E-state index < -0.39 is 4.92 Å². The van der Waals surface area contributed by atoms with Gasteiger partial charge in [0.15, 0.2) is 0 Å². The zero-order valence-corrected chi connectivity index (χ0v) is 12.3. The van der Waals surface area contributed by atoms with E-state index >= 15 is 0 Å². The van der Waals surface area contributed by atoms with Gasteiger partial charge in [-0.3, -0.25) is 10.1 Å². The van der Waals surface area contributed by atoms with E-state index in [-0.39, 0.29) is 10.7 Å². The summed E-state index contributed by atoms with van der Waals surface area (Å²) >= 11 is 5.82. The van der Waals surface area contributed by atoms with E-state index in [0.29, 0.717) is 0 Å². The lowest BCUT2D eigenvalue weighted by molar-refractivity contribution is -0.384. The normalized spacial score (nSPS) is 11.1. The quantitative estimate of drug-likeness (QED) is 0.360. The van der Waals surface area contributed by atoms with Crippen LogP contribution in [0.15, 0.2) is 60.7 Å². The second kappa shape index (κ2) is 6.00. The van der Waals surface area contributed by atoms with E-state index in [4.69, 9.17) is 11.6 Å². The summed E-state index contributed by atoms with van der Waals surface area (Å²) < 4.78 is 0. The molecule has 3 aromatic rings. The lowest BCUT2D eigenvalue weighted by atomic mass is 10.0. The first-order valence-electron chi connectivity index (χ1n) is 6.75. The molecule has 0 N–H and O–H groups in total. The Morgan fingerprint density at radius 2 is 1.73 bits per heavy atom. The Morgan fingerprint density at radius 3 is 2.55 bits per heavy atom. The van der Waals surface area contributed by atoms with Crippen molar-refractivity contribution in [3.63, 3.8) is 0 Å². The third-order valence-electron chi connectivity index (χ3n) is 3.45. The standard InChI is InChI=1S/C18H12ClNO2/c19-17-11-9-13(12-18(17)20(21)22)8-10-15-6-3-5-14-4-1-2-7-16(14)15/h1-12H/b10-8+. The van der Waals surface area contributed by atoms with E-state index in [1.54, 1.807) is 12.1 Å². The van der Waals surface area contributed by atoms with E-state index in [0.717, 1.165) is 21.9 Å². The molecule has 0 unspecified atom stereocenters. The molecule has 0 bridgehead atoms. The Morgan fingerprint density at radius 1 is 0.955 bits per heavy atom. The second-order valence-electron chi connectivity index (χ2n) is 4.87. The fourth-order valence-electron chi connectivity index (χ4n) is 2.36. The van der Waals surface area contributed by atoms with Crippen molar-refractivity contribution >= 4 is 40.2 Å². The van der Waals surface area contributed by atoms with Crippen molar-refractivity contribution in [1.82, 2.24) is 0 Å². The van der Waals surface area contributed by atoms with Crippen molar-refractivity contribution in [1.29, 1.82) is 0 Å². The number of nitro groups is 1. The number of nitrogens with zero attached hydrogens (tertiary/aromatic N) is 1. The number of fused-ring (bicyclic) bond motifs is 1. The first-order chi connectivity index (χ1) is 10.6. The predicted molar refractivity (Wildman–Crippen MR) is 91.0 cm³/mol. The molecule has 0 aromatic heterocycles. The van der Waals surface area contributed by atoms with Gasteiger partial charge in [-0.15, -0.1) is 0 Å². The number of hydrogen-bond donors (Lipinski definition) is 0. The maximum atomic E-state index is 10.9. The van der Waals surface area contributed by atoms with Gasteiger partial charge in [-0.2, -0.15) is 0 Å². The molecule has 0 fully saturated rings. The van der Waals surface area contributed by atoms with Crippen LogP contribution in [0.2, 0.25) is 5.02 Å². The summed E-state index contributed by atoms with van der Waals surface area (Å²) in [5.41, 5.74) is 1.72. The average molecular weight is 310 g/mol. The molecule has 108 valence electrons. The summed E-state index contributed by atoms with van der Waals surface area (Å²) in [6.45, 7) is 0. The molecule has 22 heavy (non-hydrogen) atoms. The van der Waals surface area contributed by atoms with E-state index in [1.165, 1.54) is 6.07 Å². The van der Waals surface area contributed by atoms with Crippen LogP contribution in [-0.2, 0) is 0 Å². The van der Waals surface area contributed by atoms with Gasteiger partial charge in [0.05, 0.1) is 4.92 Å². The highest BCUT2D eigenvalue weighted by Crippen LogP contribution is 2.26. The molecule has 0 radical (unpaired) electrons. The lowest BCUT2D eigenvalue weighted by Crippen LogP contribution is -1.89. The fraction of sp³-hybridized carbons (Fsp3) is 0. The van der Waals surface area contributed by atoms with Gasteiger partial charge in [0.25, 0.3) is 5.69 Å². The average Bonchev–Trinajstić information content (AvgIpc) is 2.53. The molecule has 3 rings (SSSR count). The minimum absolute atomic E-state index is 0.0817. The number of benzene rings is 3. The zero-order chi connectivity index (χ0) is 15.5. The van der Waals surface area contributed by atoms with Crippen LogP contribution in [0, 0.1) is 10.1 Å². The molecule has 0 heterocycles. The first kappa shape index (κ1) is 14.3. The topological polar surface area (TPSA) is 43.1 Å². The van der Waals surface area contributed by atoms with Crippen LogP contribution >= 0.6 is 11.6 Å². The monoisotopic (exact) mass is 309 g/mol. The van der Waals surface area contributed by atoms with Gasteiger partial charge >= 0.3 is 0 Å². The highest BCUT2D eigenvalue weighted by molar-refractivity contribution is 6.32. The minimum atomic E-state index is -0.475. The summed E-state index contributed by atoms with van der Waals surface area (Å²) in [5.74, 6) is 0. The summed E-state index contributed by atoms with van der Waals surface area (Å²) in [7, 11) is 0. The maximum absolute atomic E-state index is 10.9. The molecule has 0 saturated heterocycles. The number of halogens is 1. The van der Waals surface area contributed by atoms with Crippen LogP contribution in [0.4, 0.5) is 5.69 Å². The van der Waals surface area contributed by atoms with Gasteiger partial charge in [0, 0.05) is 6.07 Å². The van der Waals surface area contributed by atoms with Crippen LogP contribution < -0.4 is 0 Å². The third kappa shape index (κ3) is 2.85. The van der Waals surface area contributed by atoms with Crippen molar-refractivity contribution in [2.45, 2.75) is 0 Å². The molecule has 3 nitrogen and oxygen atoms in total. The van der Waals surface area contributed by atoms with E-state index in [2.05, 4.69) is 18.2 Å². The first-order valence-corrected chi connectivity index (χ1v) is 7.13. The lowest BCUT2D eigenvalue weighted by Gasteiger charge is -2.02. The molecule has 0 amide bonds. The Balaban J connectivity index is 2.00. The van der Waals surface area contributed by atoms with Gasteiger partial charge in [-0.25, -0.2) is 0 Å². The summed E-state index contributed by atoms with van der Waals surface area (Å²) in [6, 6.07) is 18.9. The van der Waals surface area contributed by atoms with Crippen molar-refractivity contribution in [2.24, 2.45) is 0 Å². The highest BCUT2D eigenvalue weighted by Gasteiger charge is 2.11. The zero-order valence-electron chi connectivity index (χ0n) is 11.6. The van der Waals surface area contributed by atoms with Crippen molar-refractivity contribution in [3.05, 3.63) is 86.9 Å². The van der Waals surface area contributed by atoms with Gasteiger partial charge in [0.2, 0.25) is 0 Å². The van der Waals surface area contributed by atoms with Crippen molar-refractivity contribution in [3.8, 4) is 0 Å². The van der Waals surface area contributed by atoms with Crippen molar-refractivity contribution < 1.29 is 4.92 Å². The van der Waals surface area contributed by atoms with Crippen LogP contribution in [0.1, 0.15) is 11.1 Å². The number of rotatable bonds is 3. The molecule has 0 aliphatic heterocycles. The number of nitro benzene ring substituents is 1. The molecule has 0 spiro atoms. The molecule has 0 saturated carbocycles. The van der Waals surface area contributed by atoms with E-state index in [9.17, 15) is 10.1 Å². The minimum Gasteiger partial charge on any atom is -0.258 e. The Kier molecular flexibility index (Phi) is 3.90. The fourth-order valence-corrected chi connectivity index (χ4v) is 2.54. The molecular weight excluding hydrogens is 298 g/mol. The Bertz CT molecular complexity index is 882. The Labute approximate surface area is 132 Å². The maximum Gasteiger partial charge on any atom is 0.288 e. The van der Waals surface area contributed by atoms with Crippen LogP contribution in [0.3, 0.4) is 0 Å². The van der Waals surface area contributed by atoms with Crippen LogP contribution in [0.5, 0.6) is 0 Å². The van der Waals surface area contributed by atoms with E-state index in [1.807, 2.05) is 36.4 Å². The smallest absolute Gasteiger partial charge is 0.258 e. The van der Waals surface area contributed by atoms with Crippen molar-refractivity contribution in [2.75, 3.05) is 0 Å². The second-order valence-corrected chi connectivity index (χ2v) is 5.28. The van der Waals surface area contributed by atoms with Gasteiger partial charge in [-0.1, -0.05) is 72.3 Å². The molecule has 4 heteroatoms. The number of hydrogen-bond acceptors (Lipinski definition) is 2. The van der Waals surface area contributed by atoms with Crippen LogP contribution in [0.25, 0.3) is 22.9 Å². The van der Waals surface area contributed by atoms with Crippen LogP contribution in [-0.4, -0.2) is 4.92 Å². The van der Waals surface area contributed by atoms with Gasteiger partial charge in [0.1, 0.15) is 5.02 Å². The molecule has 3 aromatic carbocycles. The predicted octanol–water partition coefficient (Wildman–Crippen LogP) is 5.57. The molecule has 0 aliphatic rings. The largest absolute Gasteiger partial charge is 0.288 e. The molecule has 0 atom stereocenters. The summed E-state index contributed by atoms with van der Waals surface area (Å²) in [4.78, 5) is 10.4. The third-order valence-corrected chi connectivity index (χ3v) is 3.77. The van der Waals surface area contributed by atoms with Gasteiger partial charge in [-0.05, 0) is 28.0 Å². The summed E-state index contributed by atoms with van der Waals surface area (Å²) in [6.07, 6.45) is 3.81. The van der Waals surface area contributed by atoms with Gasteiger partial charge < -0.3 is 0 Å².